The van der Waals surface area contributed by atoms with Gasteiger partial charge in [0.25, 0.3) is 0 Å². The Labute approximate surface area is 138 Å². The average Bonchev–Trinajstić information content (AvgIpc) is 2.95. The summed E-state index contributed by atoms with van der Waals surface area (Å²) in [6, 6.07) is 7.73. The van der Waals surface area contributed by atoms with Crippen LogP contribution in [0.5, 0.6) is 0 Å². The third-order valence-electron chi connectivity index (χ3n) is 2.77. The summed E-state index contributed by atoms with van der Waals surface area (Å²) in [6.07, 6.45) is 1.76. The van der Waals surface area contributed by atoms with Crippen LogP contribution < -0.4 is 10.6 Å². The van der Waals surface area contributed by atoms with Crippen molar-refractivity contribution in [3.05, 3.63) is 42.5 Å². The molecule has 7 heteroatoms. The van der Waals surface area contributed by atoms with E-state index in [4.69, 9.17) is 0 Å². The molecule has 2 aromatic rings. The quantitative estimate of drug-likeness (QED) is 0.598. The molecule has 22 heavy (non-hydrogen) atoms. The van der Waals surface area contributed by atoms with E-state index in [0.717, 1.165) is 20.7 Å². The molecular formula is C15H18N4OS2. The molecular weight excluding hydrogens is 316 g/mol. The van der Waals surface area contributed by atoms with E-state index in [2.05, 4.69) is 27.4 Å². The first-order chi connectivity index (χ1) is 10.6. The van der Waals surface area contributed by atoms with Gasteiger partial charge >= 0.3 is 0 Å². The second kappa shape index (κ2) is 7.95. The number of amides is 1. The zero-order valence-corrected chi connectivity index (χ0v) is 14.1. The number of rotatable bonds is 7. The molecule has 0 spiro atoms. The van der Waals surface area contributed by atoms with Crippen LogP contribution in [-0.4, -0.2) is 27.9 Å². The predicted molar refractivity (Wildman–Crippen MR) is 93.7 cm³/mol. The summed E-state index contributed by atoms with van der Waals surface area (Å²) in [5.74, 6) is -0.0512. The summed E-state index contributed by atoms with van der Waals surface area (Å²) in [5, 5.41) is 14.5. The van der Waals surface area contributed by atoms with Gasteiger partial charge in [-0.15, -0.1) is 16.8 Å². The number of aromatic nitrogens is 2. The second-order valence-corrected chi connectivity index (χ2v) is 7.22. The third kappa shape index (κ3) is 4.85. The number of anilines is 2. The summed E-state index contributed by atoms with van der Waals surface area (Å²) in [7, 11) is 0. The molecule has 116 valence electrons. The maximum absolute atomic E-state index is 12.2. The first kappa shape index (κ1) is 16.5. The number of thioether (sulfide) groups is 1. The van der Waals surface area contributed by atoms with Crippen molar-refractivity contribution in [1.29, 1.82) is 0 Å². The number of nitrogens with zero attached hydrogens (tertiary/aromatic N) is 2. The molecule has 0 unspecified atom stereocenters. The van der Waals surface area contributed by atoms with Crippen LogP contribution in [0.4, 0.5) is 10.8 Å². The fourth-order valence-corrected chi connectivity index (χ4v) is 3.48. The minimum atomic E-state index is -0.249. The first-order valence-electron chi connectivity index (χ1n) is 6.81. The van der Waals surface area contributed by atoms with E-state index in [1.807, 2.05) is 38.1 Å². The largest absolute Gasteiger partial charge is 0.357 e. The molecule has 2 rings (SSSR count). The lowest BCUT2D eigenvalue weighted by Gasteiger charge is -2.10. The van der Waals surface area contributed by atoms with Crippen LogP contribution >= 0.6 is 23.1 Å². The molecule has 0 fully saturated rings. The highest BCUT2D eigenvalue weighted by molar-refractivity contribution is 8.02. The lowest BCUT2D eigenvalue weighted by molar-refractivity contribution is -0.115. The topological polar surface area (TPSA) is 66.9 Å². The van der Waals surface area contributed by atoms with Gasteiger partial charge in [0.1, 0.15) is 0 Å². The summed E-state index contributed by atoms with van der Waals surface area (Å²) in [6.45, 7) is 8.14. The Balaban J connectivity index is 1.89. The van der Waals surface area contributed by atoms with Crippen LogP contribution in [0.3, 0.4) is 0 Å². The van der Waals surface area contributed by atoms with Crippen molar-refractivity contribution in [2.45, 2.75) is 23.4 Å². The van der Waals surface area contributed by atoms with Gasteiger partial charge in [-0.25, -0.2) is 0 Å². The Hall–Kier alpha value is -1.86. The molecule has 2 N–H and O–H groups in total. The minimum absolute atomic E-state index is 0.0512. The maximum atomic E-state index is 12.2. The Morgan fingerprint density at radius 2 is 2.14 bits per heavy atom. The Bertz CT molecular complexity index is 639. The van der Waals surface area contributed by atoms with Gasteiger partial charge in [-0.3, -0.25) is 4.79 Å². The molecule has 1 atom stereocenters. The number of nitrogens with one attached hydrogen (secondary N) is 2. The van der Waals surface area contributed by atoms with E-state index >= 15 is 0 Å². The van der Waals surface area contributed by atoms with Crippen molar-refractivity contribution in [2.24, 2.45) is 0 Å². The molecule has 0 aliphatic carbocycles. The van der Waals surface area contributed by atoms with Crippen molar-refractivity contribution in [3.8, 4) is 0 Å². The van der Waals surface area contributed by atoms with E-state index in [-0.39, 0.29) is 11.2 Å². The van der Waals surface area contributed by atoms with Crippen molar-refractivity contribution in [3.63, 3.8) is 0 Å². The fourth-order valence-electron chi connectivity index (χ4n) is 1.57. The number of benzene rings is 1. The number of hydrogen-bond donors (Lipinski definition) is 2. The third-order valence-corrected chi connectivity index (χ3v) is 4.84. The van der Waals surface area contributed by atoms with Gasteiger partial charge < -0.3 is 10.6 Å². The number of aryl methyl sites for hydroxylation is 1. The molecule has 0 bridgehead atoms. The van der Waals surface area contributed by atoms with Crippen LogP contribution in [0.2, 0.25) is 0 Å². The van der Waals surface area contributed by atoms with Crippen LogP contribution in [0, 0.1) is 6.92 Å². The normalized spacial score (nSPS) is 11.7. The lowest BCUT2D eigenvalue weighted by Crippen LogP contribution is -2.22. The number of carbonyl (C=O) groups is 1. The smallest absolute Gasteiger partial charge is 0.237 e. The highest BCUT2D eigenvalue weighted by Crippen LogP contribution is 2.29. The van der Waals surface area contributed by atoms with E-state index < -0.39 is 0 Å². The molecule has 0 saturated carbocycles. The molecule has 1 amide bonds. The first-order valence-corrected chi connectivity index (χ1v) is 8.50. The van der Waals surface area contributed by atoms with Crippen molar-refractivity contribution in [2.75, 3.05) is 17.2 Å². The average molecular weight is 334 g/mol. The molecule has 0 aliphatic rings. The molecule has 1 aromatic carbocycles. The van der Waals surface area contributed by atoms with Gasteiger partial charge in [0.05, 0.1) is 5.25 Å². The molecule has 1 heterocycles. The van der Waals surface area contributed by atoms with E-state index in [1.165, 1.54) is 23.1 Å². The van der Waals surface area contributed by atoms with Gasteiger partial charge in [0.15, 0.2) is 4.34 Å². The zero-order valence-electron chi connectivity index (χ0n) is 12.5. The van der Waals surface area contributed by atoms with Crippen LogP contribution in [0.25, 0.3) is 0 Å². The monoisotopic (exact) mass is 334 g/mol. The van der Waals surface area contributed by atoms with Crippen molar-refractivity contribution >= 4 is 39.8 Å². The highest BCUT2D eigenvalue weighted by Gasteiger charge is 2.17. The minimum Gasteiger partial charge on any atom is -0.357 e. The van der Waals surface area contributed by atoms with Gasteiger partial charge in [-0.05, 0) is 26.0 Å². The molecule has 0 radical (unpaired) electrons. The van der Waals surface area contributed by atoms with Gasteiger partial charge in [-0.2, -0.15) is 0 Å². The van der Waals surface area contributed by atoms with E-state index in [9.17, 15) is 4.79 Å². The van der Waals surface area contributed by atoms with Crippen molar-refractivity contribution in [1.82, 2.24) is 10.2 Å². The molecule has 0 aliphatic heterocycles. The molecule has 5 nitrogen and oxygen atoms in total. The van der Waals surface area contributed by atoms with Crippen molar-refractivity contribution < 1.29 is 4.79 Å². The fraction of sp³-hybridized carbons (Fsp3) is 0.267. The van der Waals surface area contributed by atoms with Gasteiger partial charge in [0.2, 0.25) is 11.0 Å². The standard InChI is InChI=1S/C15H18N4OS2/c1-4-9-16-14-18-19-15(22-14)21-11(3)13(20)17-12-7-5-10(2)6-8-12/h4-8,11H,1,9H2,2-3H3,(H,16,18)(H,17,20)/t11-/m0/s1. The summed E-state index contributed by atoms with van der Waals surface area (Å²) in [4.78, 5) is 12.2. The summed E-state index contributed by atoms with van der Waals surface area (Å²) >= 11 is 2.82. The van der Waals surface area contributed by atoms with Crippen LogP contribution in [-0.2, 0) is 4.79 Å². The molecule has 1 aromatic heterocycles. The summed E-state index contributed by atoms with van der Waals surface area (Å²) < 4.78 is 0.762. The van der Waals surface area contributed by atoms with E-state index in [1.54, 1.807) is 6.08 Å². The highest BCUT2D eigenvalue weighted by atomic mass is 32.2. The second-order valence-electron chi connectivity index (χ2n) is 4.66. The Morgan fingerprint density at radius 1 is 1.41 bits per heavy atom. The van der Waals surface area contributed by atoms with Crippen LogP contribution in [0.15, 0.2) is 41.3 Å². The van der Waals surface area contributed by atoms with Gasteiger partial charge in [0, 0.05) is 12.2 Å². The van der Waals surface area contributed by atoms with E-state index in [0.29, 0.717) is 6.54 Å². The predicted octanol–water partition coefficient (Wildman–Crippen LogP) is 3.56. The number of hydrogen-bond acceptors (Lipinski definition) is 6. The molecule has 0 saturated heterocycles. The number of carbonyl (C=O) groups excluding carboxylic acids is 1. The zero-order chi connectivity index (χ0) is 15.9. The van der Waals surface area contributed by atoms with Crippen LogP contribution in [0.1, 0.15) is 12.5 Å². The van der Waals surface area contributed by atoms with Gasteiger partial charge in [-0.1, -0.05) is 46.9 Å². The maximum Gasteiger partial charge on any atom is 0.237 e. The summed E-state index contributed by atoms with van der Waals surface area (Å²) in [5.41, 5.74) is 1.96. The lowest BCUT2D eigenvalue weighted by atomic mass is 10.2. The SMILES string of the molecule is C=CCNc1nnc(S[C@@H](C)C(=O)Nc2ccc(C)cc2)s1. The Morgan fingerprint density at radius 3 is 2.82 bits per heavy atom. The Kier molecular flexibility index (Phi) is 5.97.